The molecule has 0 unspecified atom stereocenters. The minimum atomic E-state index is -0.0964. The summed E-state index contributed by atoms with van der Waals surface area (Å²) in [6, 6.07) is 10.6. The standard InChI is InChI=1S/C20H25N3OS/c1-15-16(2)25-14-19(15)20(24)22-21-18-9-12-23(13-10-18)11-8-17-6-4-3-5-7-17/h3-7,14H,8-13H2,1-2H3,(H,22,24). The quantitative estimate of drug-likeness (QED) is 0.830. The van der Waals surface area contributed by atoms with Gasteiger partial charge in [-0.25, -0.2) is 5.43 Å². The zero-order valence-electron chi connectivity index (χ0n) is 14.9. The molecule has 1 amide bonds. The predicted molar refractivity (Wildman–Crippen MR) is 105 cm³/mol. The van der Waals surface area contributed by atoms with E-state index in [1.807, 2.05) is 19.2 Å². The Morgan fingerprint density at radius 3 is 2.56 bits per heavy atom. The second-order valence-electron chi connectivity index (χ2n) is 6.53. The second kappa shape index (κ2) is 8.41. The smallest absolute Gasteiger partial charge is 0.272 e. The van der Waals surface area contributed by atoms with Gasteiger partial charge in [-0.15, -0.1) is 11.3 Å². The largest absolute Gasteiger partial charge is 0.302 e. The molecule has 1 aromatic carbocycles. The highest BCUT2D eigenvalue weighted by atomic mass is 32.1. The van der Waals surface area contributed by atoms with E-state index in [4.69, 9.17) is 0 Å². The molecule has 132 valence electrons. The molecular weight excluding hydrogens is 330 g/mol. The van der Waals surface area contributed by atoms with Crippen molar-refractivity contribution in [3.63, 3.8) is 0 Å². The molecule has 0 saturated carbocycles. The normalized spacial score (nSPS) is 15.2. The molecule has 0 radical (unpaired) electrons. The fourth-order valence-corrected chi connectivity index (χ4v) is 3.87. The van der Waals surface area contributed by atoms with E-state index in [-0.39, 0.29) is 5.91 Å². The number of rotatable bonds is 5. The number of nitrogens with zero attached hydrogens (tertiary/aromatic N) is 2. The Balaban J connectivity index is 1.44. The Hall–Kier alpha value is -1.98. The van der Waals surface area contributed by atoms with Crippen molar-refractivity contribution in [2.45, 2.75) is 33.1 Å². The van der Waals surface area contributed by atoms with E-state index in [1.54, 1.807) is 11.3 Å². The van der Waals surface area contributed by atoms with Gasteiger partial charge in [0.25, 0.3) is 5.91 Å². The van der Waals surface area contributed by atoms with Gasteiger partial charge in [-0.2, -0.15) is 5.10 Å². The highest BCUT2D eigenvalue weighted by Gasteiger charge is 2.16. The van der Waals surface area contributed by atoms with Gasteiger partial charge in [-0.05, 0) is 31.4 Å². The van der Waals surface area contributed by atoms with Crippen molar-refractivity contribution >= 4 is 23.0 Å². The van der Waals surface area contributed by atoms with Crippen LogP contribution in [0.4, 0.5) is 0 Å². The number of benzene rings is 1. The SMILES string of the molecule is Cc1scc(C(=O)NN=C2CCN(CCc3ccccc3)CC2)c1C. The van der Waals surface area contributed by atoms with Crippen molar-refractivity contribution in [2.24, 2.45) is 5.10 Å². The van der Waals surface area contributed by atoms with E-state index in [2.05, 4.69) is 45.8 Å². The Labute approximate surface area is 153 Å². The summed E-state index contributed by atoms with van der Waals surface area (Å²) in [4.78, 5) is 15.9. The number of aryl methyl sites for hydroxylation is 1. The maximum atomic E-state index is 12.2. The zero-order valence-corrected chi connectivity index (χ0v) is 15.7. The van der Waals surface area contributed by atoms with Crippen molar-refractivity contribution < 1.29 is 4.79 Å². The maximum absolute atomic E-state index is 12.2. The summed E-state index contributed by atoms with van der Waals surface area (Å²) in [7, 11) is 0. The van der Waals surface area contributed by atoms with Crippen LogP contribution in [0.5, 0.6) is 0 Å². The van der Waals surface area contributed by atoms with Gasteiger partial charge in [0.15, 0.2) is 0 Å². The minimum Gasteiger partial charge on any atom is -0.302 e. The number of likely N-dealkylation sites (tertiary alicyclic amines) is 1. The molecule has 4 nitrogen and oxygen atoms in total. The molecule has 0 aliphatic carbocycles. The van der Waals surface area contributed by atoms with Crippen LogP contribution >= 0.6 is 11.3 Å². The number of hydrogen-bond donors (Lipinski definition) is 1. The number of piperidine rings is 1. The van der Waals surface area contributed by atoms with Gasteiger partial charge in [0.1, 0.15) is 0 Å². The Morgan fingerprint density at radius 2 is 1.92 bits per heavy atom. The van der Waals surface area contributed by atoms with Crippen molar-refractivity contribution in [1.29, 1.82) is 0 Å². The molecule has 1 aliphatic rings. The number of hydrogen-bond acceptors (Lipinski definition) is 4. The molecule has 5 heteroatoms. The van der Waals surface area contributed by atoms with Crippen LogP contribution in [0.3, 0.4) is 0 Å². The molecule has 1 N–H and O–H groups in total. The van der Waals surface area contributed by atoms with E-state index < -0.39 is 0 Å². The van der Waals surface area contributed by atoms with Gasteiger partial charge in [0, 0.05) is 48.4 Å². The van der Waals surface area contributed by atoms with Crippen LogP contribution in [0.1, 0.15) is 39.2 Å². The predicted octanol–water partition coefficient (Wildman–Crippen LogP) is 3.79. The van der Waals surface area contributed by atoms with E-state index in [1.165, 1.54) is 10.4 Å². The van der Waals surface area contributed by atoms with Crippen molar-refractivity contribution in [2.75, 3.05) is 19.6 Å². The lowest BCUT2D eigenvalue weighted by Crippen LogP contribution is -2.36. The van der Waals surface area contributed by atoms with Crippen LogP contribution in [0.2, 0.25) is 0 Å². The maximum Gasteiger partial charge on any atom is 0.272 e. The third-order valence-electron chi connectivity index (χ3n) is 4.84. The number of amides is 1. The van der Waals surface area contributed by atoms with E-state index in [0.29, 0.717) is 0 Å². The molecule has 0 bridgehead atoms. The summed E-state index contributed by atoms with van der Waals surface area (Å²) >= 11 is 1.61. The summed E-state index contributed by atoms with van der Waals surface area (Å²) in [5.41, 5.74) is 7.01. The van der Waals surface area contributed by atoms with Crippen molar-refractivity contribution in [3.8, 4) is 0 Å². The fourth-order valence-electron chi connectivity index (χ4n) is 3.01. The Bertz CT molecular complexity index is 742. The van der Waals surface area contributed by atoms with E-state index in [0.717, 1.165) is 55.7 Å². The summed E-state index contributed by atoms with van der Waals surface area (Å²) in [6.45, 7) is 7.13. The van der Waals surface area contributed by atoms with Crippen LogP contribution in [0.25, 0.3) is 0 Å². The van der Waals surface area contributed by atoms with Crippen LogP contribution < -0.4 is 5.43 Å². The number of carbonyl (C=O) groups is 1. The third-order valence-corrected chi connectivity index (χ3v) is 5.85. The monoisotopic (exact) mass is 355 g/mol. The molecule has 0 spiro atoms. The zero-order chi connectivity index (χ0) is 17.6. The summed E-state index contributed by atoms with van der Waals surface area (Å²) in [6.07, 6.45) is 2.94. The fraction of sp³-hybridized carbons (Fsp3) is 0.400. The van der Waals surface area contributed by atoms with Crippen molar-refractivity contribution in [3.05, 3.63) is 57.3 Å². The van der Waals surface area contributed by atoms with Crippen LogP contribution in [-0.4, -0.2) is 36.2 Å². The lowest BCUT2D eigenvalue weighted by molar-refractivity contribution is 0.0954. The molecule has 0 atom stereocenters. The van der Waals surface area contributed by atoms with Gasteiger partial charge in [0.2, 0.25) is 0 Å². The van der Waals surface area contributed by atoms with Crippen LogP contribution in [-0.2, 0) is 6.42 Å². The van der Waals surface area contributed by atoms with Gasteiger partial charge in [-0.3, -0.25) is 4.79 Å². The van der Waals surface area contributed by atoms with Crippen LogP contribution in [0.15, 0.2) is 40.8 Å². The first-order valence-corrected chi connectivity index (χ1v) is 9.68. The molecule has 1 saturated heterocycles. The van der Waals surface area contributed by atoms with Crippen molar-refractivity contribution in [1.82, 2.24) is 10.3 Å². The average Bonchev–Trinajstić information content (AvgIpc) is 2.99. The van der Waals surface area contributed by atoms with Gasteiger partial charge in [0.05, 0.1) is 5.56 Å². The first kappa shape index (κ1) is 17.8. The molecular formula is C20H25N3OS. The lowest BCUT2D eigenvalue weighted by atomic mass is 10.1. The molecule has 1 aromatic heterocycles. The van der Waals surface area contributed by atoms with Gasteiger partial charge < -0.3 is 4.90 Å². The lowest BCUT2D eigenvalue weighted by Gasteiger charge is -2.27. The Morgan fingerprint density at radius 1 is 1.20 bits per heavy atom. The molecule has 2 aromatic rings. The first-order valence-electron chi connectivity index (χ1n) is 8.80. The molecule has 1 fully saturated rings. The molecule has 25 heavy (non-hydrogen) atoms. The molecule has 3 rings (SSSR count). The third kappa shape index (κ3) is 4.77. The van der Waals surface area contributed by atoms with Crippen LogP contribution in [0, 0.1) is 13.8 Å². The van der Waals surface area contributed by atoms with E-state index in [9.17, 15) is 4.79 Å². The minimum absolute atomic E-state index is 0.0964. The molecule has 2 heterocycles. The number of thiophene rings is 1. The van der Waals surface area contributed by atoms with E-state index >= 15 is 0 Å². The summed E-state index contributed by atoms with van der Waals surface area (Å²) in [5.74, 6) is -0.0964. The first-order chi connectivity index (χ1) is 12.1. The summed E-state index contributed by atoms with van der Waals surface area (Å²) < 4.78 is 0. The molecule has 1 aliphatic heterocycles. The van der Waals surface area contributed by atoms with Gasteiger partial charge in [-0.1, -0.05) is 30.3 Å². The van der Waals surface area contributed by atoms with Gasteiger partial charge >= 0.3 is 0 Å². The summed E-state index contributed by atoms with van der Waals surface area (Å²) in [5, 5.41) is 6.27. The highest BCUT2D eigenvalue weighted by Crippen LogP contribution is 2.20. The average molecular weight is 356 g/mol. The number of nitrogens with one attached hydrogen (secondary N) is 1. The topological polar surface area (TPSA) is 44.7 Å². The Kier molecular flexibility index (Phi) is 6.00. The second-order valence-corrected chi connectivity index (χ2v) is 7.61. The number of carbonyl (C=O) groups excluding carboxylic acids is 1. The number of hydrazone groups is 1. The highest BCUT2D eigenvalue weighted by molar-refractivity contribution is 7.10.